The number of nitrogens with two attached hydrogens (primary N) is 1. The molecule has 7 heteroatoms. The van der Waals surface area contributed by atoms with Crippen molar-refractivity contribution in [3.63, 3.8) is 0 Å². The van der Waals surface area contributed by atoms with Crippen LogP contribution in [0.4, 0.5) is 0 Å². The minimum atomic E-state index is -3.59. The molecule has 1 aromatic heterocycles. The second-order valence-corrected chi connectivity index (χ2v) is 6.74. The van der Waals surface area contributed by atoms with E-state index in [2.05, 4.69) is 4.72 Å². The van der Waals surface area contributed by atoms with E-state index in [9.17, 15) is 8.42 Å². The zero-order valence-corrected chi connectivity index (χ0v) is 12.9. The number of ether oxygens (including phenoxy) is 1. The molecule has 114 valence electrons. The van der Waals surface area contributed by atoms with E-state index in [0.717, 1.165) is 0 Å². The predicted octanol–water partition coefficient (Wildman–Crippen LogP) is 1.20. The molecular weight excluding hydrogens is 280 g/mol. The van der Waals surface area contributed by atoms with Crippen molar-refractivity contribution < 1.29 is 17.6 Å². The summed E-state index contributed by atoms with van der Waals surface area (Å²) in [5.41, 5.74) is 6.18. The highest BCUT2D eigenvalue weighted by molar-refractivity contribution is 7.89. The summed E-state index contributed by atoms with van der Waals surface area (Å²) in [5.74, 6) is 0.947. The van der Waals surface area contributed by atoms with Gasteiger partial charge in [0, 0.05) is 24.8 Å². The average Bonchev–Trinajstić information content (AvgIpc) is 2.61. The lowest BCUT2D eigenvalue weighted by Gasteiger charge is -2.35. The van der Waals surface area contributed by atoms with Gasteiger partial charge in [0.2, 0.25) is 10.0 Å². The Kier molecular flexibility index (Phi) is 4.53. The van der Waals surface area contributed by atoms with Crippen molar-refractivity contribution in [2.45, 2.75) is 57.2 Å². The van der Waals surface area contributed by atoms with Crippen LogP contribution in [-0.2, 0) is 21.3 Å². The molecule has 1 heterocycles. The van der Waals surface area contributed by atoms with Crippen LogP contribution in [0, 0.1) is 13.8 Å². The molecule has 0 amide bonds. The topological polar surface area (TPSA) is 94.6 Å². The Labute approximate surface area is 119 Å². The normalized spacial score (nSPS) is 22.8. The highest BCUT2D eigenvalue weighted by atomic mass is 32.2. The van der Waals surface area contributed by atoms with Crippen molar-refractivity contribution in [1.82, 2.24) is 4.72 Å². The zero-order valence-electron chi connectivity index (χ0n) is 12.1. The Morgan fingerprint density at radius 3 is 2.55 bits per heavy atom. The summed E-state index contributed by atoms with van der Waals surface area (Å²) in [4.78, 5) is 0.192. The second kappa shape index (κ2) is 5.85. The molecule has 0 radical (unpaired) electrons. The first kappa shape index (κ1) is 15.5. The maximum absolute atomic E-state index is 12.4. The van der Waals surface area contributed by atoms with Crippen LogP contribution in [0.5, 0.6) is 0 Å². The third-order valence-corrected chi connectivity index (χ3v) is 5.33. The molecule has 0 bridgehead atoms. The Hall–Kier alpha value is -0.890. The van der Waals surface area contributed by atoms with E-state index in [1.54, 1.807) is 13.8 Å². The number of hydrogen-bond donors (Lipinski definition) is 2. The van der Waals surface area contributed by atoms with E-state index < -0.39 is 10.0 Å². The van der Waals surface area contributed by atoms with Gasteiger partial charge >= 0.3 is 0 Å². The minimum absolute atomic E-state index is 0.0724. The summed E-state index contributed by atoms with van der Waals surface area (Å²) in [5, 5.41) is 0. The van der Waals surface area contributed by atoms with Crippen LogP contribution >= 0.6 is 0 Å². The van der Waals surface area contributed by atoms with Crippen LogP contribution in [0.2, 0.25) is 0 Å². The van der Waals surface area contributed by atoms with E-state index in [1.807, 2.05) is 6.92 Å². The third-order valence-electron chi connectivity index (χ3n) is 3.62. The van der Waals surface area contributed by atoms with E-state index in [1.165, 1.54) is 0 Å². The molecule has 0 saturated heterocycles. The lowest BCUT2D eigenvalue weighted by molar-refractivity contribution is -0.00476. The van der Waals surface area contributed by atoms with E-state index in [4.69, 9.17) is 14.9 Å². The first-order valence-corrected chi connectivity index (χ1v) is 8.30. The van der Waals surface area contributed by atoms with Crippen molar-refractivity contribution in [3.8, 4) is 0 Å². The van der Waals surface area contributed by atoms with Gasteiger partial charge in [-0.05, 0) is 33.6 Å². The summed E-state index contributed by atoms with van der Waals surface area (Å²) < 4.78 is 38.4. The van der Waals surface area contributed by atoms with Gasteiger partial charge in [-0.2, -0.15) is 0 Å². The molecule has 0 aliphatic heterocycles. The van der Waals surface area contributed by atoms with Gasteiger partial charge in [-0.25, -0.2) is 13.1 Å². The Morgan fingerprint density at radius 2 is 2.00 bits per heavy atom. The maximum Gasteiger partial charge on any atom is 0.244 e. The van der Waals surface area contributed by atoms with Crippen LogP contribution in [0.3, 0.4) is 0 Å². The molecule has 0 unspecified atom stereocenters. The standard InChI is InChI=1S/C13H22N2O4S/c1-4-18-11-5-10(6-11)15-20(16,17)13-9(3)19-8(2)12(13)7-14/h10-11,15H,4-7,14H2,1-3H3. The quantitative estimate of drug-likeness (QED) is 0.823. The van der Waals surface area contributed by atoms with Gasteiger partial charge in [-0.15, -0.1) is 0 Å². The van der Waals surface area contributed by atoms with Crippen molar-refractivity contribution in [2.75, 3.05) is 6.61 Å². The summed E-state index contributed by atoms with van der Waals surface area (Å²) in [7, 11) is -3.59. The number of sulfonamides is 1. The molecule has 6 nitrogen and oxygen atoms in total. The fraction of sp³-hybridized carbons (Fsp3) is 0.692. The Bertz CT molecular complexity index is 573. The number of rotatable bonds is 6. The monoisotopic (exact) mass is 302 g/mol. The zero-order chi connectivity index (χ0) is 14.9. The fourth-order valence-corrected chi connectivity index (χ4v) is 4.33. The molecule has 0 aromatic carbocycles. The van der Waals surface area contributed by atoms with Gasteiger partial charge in [0.25, 0.3) is 0 Å². The van der Waals surface area contributed by atoms with Crippen molar-refractivity contribution in [1.29, 1.82) is 0 Å². The molecule has 1 fully saturated rings. The first-order chi connectivity index (χ1) is 9.39. The molecule has 1 aromatic rings. The van der Waals surface area contributed by atoms with Crippen LogP contribution in [0.25, 0.3) is 0 Å². The molecule has 3 N–H and O–H groups in total. The summed E-state index contributed by atoms with van der Waals surface area (Å²) in [6, 6.07) is -0.0724. The van der Waals surface area contributed by atoms with Gasteiger partial charge in [-0.3, -0.25) is 0 Å². The van der Waals surface area contributed by atoms with Gasteiger partial charge in [-0.1, -0.05) is 0 Å². The van der Waals surface area contributed by atoms with Crippen molar-refractivity contribution in [2.24, 2.45) is 5.73 Å². The lowest BCUT2D eigenvalue weighted by Crippen LogP contribution is -2.47. The number of aryl methyl sites for hydroxylation is 2. The summed E-state index contributed by atoms with van der Waals surface area (Å²) in [6.07, 6.45) is 1.58. The second-order valence-electron chi connectivity index (χ2n) is 5.09. The lowest BCUT2D eigenvalue weighted by atomic mass is 9.90. The van der Waals surface area contributed by atoms with Gasteiger partial charge in [0.15, 0.2) is 0 Å². The Balaban J connectivity index is 2.12. The minimum Gasteiger partial charge on any atom is -0.465 e. The van der Waals surface area contributed by atoms with Gasteiger partial charge in [0.05, 0.1) is 6.10 Å². The molecule has 0 atom stereocenters. The highest BCUT2D eigenvalue weighted by Crippen LogP contribution is 2.29. The molecule has 1 aliphatic rings. The molecule has 2 rings (SSSR count). The van der Waals surface area contributed by atoms with Gasteiger partial charge < -0.3 is 14.9 Å². The SMILES string of the molecule is CCOC1CC(NS(=O)(=O)c2c(C)oc(C)c2CN)C1. The molecule has 20 heavy (non-hydrogen) atoms. The van der Waals surface area contributed by atoms with Crippen molar-refractivity contribution >= 4 is 10.0 Å². The van der Waals surface area contributed by atoms with Crippen LogP contribution < -0.4 is 10.5 Å². The Morgan fingerprint density at radius 1 is 1.35 bits per heavy atom. The van der Waals surface area contributed by atoms with E-state index >= 15 is 0 Å². The largest absolute Gasteiger partial charge is 0.465 e. The van der Waals surface area contributed by atoms with E-state index in [0.29, 0.717) is 36.5 Å². The number of furan rings is 1. The summed E-state index contributed by atoms with van der Waals surface area (Å²) >= 11 is 0. The average molecular weight is 302 g/mol. The molecule has 0 spiro atoms. The smallest absolute Gasteiger partial charge is 0.244 e. The highest BCUT2D eigenvalue weighted by Gasteiger charge is 2.35. The third kappa shape index (κ3) is 2.90. The fourth-order valence-electron chi connectivity index (χ4n) is 2.61. The molecular formula is C13H22N2O4S. The summed E-state index contributed by atoms with van der Waals surface area (Å²) in [6.45, 7) is 6.10. The number of hydrogen-bond acceptors (Lipinski definition) is 5. The molecule has 1 saturated carbocycles. The molecule has 1 aliphatic carbocycles. The van der Waals surface area contributed by atoms with Crippen LogP contribution in [-0.4, -0.2) is 27.2 Å². The van der Waals surface area contributed by atoms with Gasteiger partial charge in [0.1, 0.15) is 16.4 Å². The predicted molar refractivity (Wildman–Crippen MR) is 74.8 cm³/mol. The van der Waals surface area contributed by atoms with Crippen molar-refractivity contribution in [3.05, 3.63) is 17.1 Å². The number of nitrogens with one attached hydrogen (secondary N) is 1. The van der Waals surface area contributed by atoms with Crippen LogP contribution in [0.1, 0.15) is 36.8 Å². The van der Waals surface area contributed by atoms with E-state index in [-0.39, 0.29) is 23.6 Å². The first-order valence-electron chi connectivity index (χ1n) is 6.81. The van der Waals surface area contributed by atoms with Crippen LogP contribution in [0.15, 0.2) is 9.31 Å². The maximum atomic E-state index is 12.4.